The molecule has 0 bridgehead atoms. The molecular weight excluding hydrogens is 839 g/mol. The zero-order valence-electron chi connectivity index (χ0n) is 34.9. The lowest BCUT2D eigenvalue weighted by Gasteiger charge is -2.35. The number of urea groups is 1. The molecule has 3 saturated heterocycles. The number of nitrogens with one attached hydrogen (secondary N) is 2. The first-order valence-electron chi connectivity index (χ1n) is 21.0. The van der Waals surface area contributed by atoms with Gasteiger partial charge >= 0.3 is 16.2 Å². The van der Waals surface area contributed by atoms with Gasteiger partial charge in [0.1, 0.15) is 23.2 Å². The number of halogens is 2. The van der Waals surface area contributed by atoms with E-state index in [0.717, 1.165) is 55.1 Å². The van der Waals surface area contributed by atoms with E-state index in [-0.39, 0.29) is 71.1 Å². The number of hydrogen-bond donors (Lipinski definition) is 2. The highest BCUT2D eigenvalue weighted by atomic mass is 32.2. The second-order valence-electron chi connectivity index (χ2n) is 16.8. The molecule has 0 radical (unpaired) electrons. The summed E-state index contributed by atoms with van der Waals surface area (Å²) in [5.74, 6) is -1.68. The number of aromatic nitrogens is 4. The number of ether oxygens (including phenoxy) is 2. The summed E-state index contributed by atoms with van der Waals surface area (Å²) < 4.78 is 75.2. The van der Waals surface area contributed by atoms with Crippen molar-refractivity contribution in [3.63, 3.8) is 0 Å². The molecule has 2 N–H and O–H groups in total. The minimum absolute atomic E-state index is 0.0213. The van der Waals surface area contributed by atoms with Crippen molar-refractivity contribution in [2.75, 3.05) is 49.5 Å². The predicted molar refractivity (Wildman–Crippen MR) is 228 cm³/mol. The summed E-state index contributed by atoms with van der Waals surface area (Å²) in [6.45, 7) is 3.83. The Hall–Kier alpha value is -6.01. The monoisotopic (exact) mass is 884 g/mol. The maximum atomic E-state index is 15.8. The number of likely N-dealkylation sites (tertiary alicyclic amines) is 1. The summed E-state index contributed by atoms with van der Waals surface area (Å²) in [4.78, 5) is 46.6. The van der Waals surface area contributed by atoms with Crippen molar-refractivity contribution in [3.8, 4) is 17.6 Å². The van der Waals surface area contributed by atoms with Crippen LogP contribution in [0.2, 0.25) is 0 Å². The van der Waals surface area contributed by atoms with Gasteiger partial charge in [-0.05, 0) is 86.1 Å². The Kier molecular flexibility index (Phi) is 10.9. The zero-order valence-corrected chi connectivity index (χ0v) is 35.8. The molecule has 5 aromatic rings. The number of aryl methyl sites for hydroxylation is 1. The lowest BCUT2D eigenvalue weighted by molar-refractivity contribution is -0.120. The summed E-state index contributed by atoms with van der Waals surface area (Å²) in [5.41, 5.74) is 0.430. The Bertz CT molecular complexity index is 2890. The topological polar surface area (TPSA) is 197 Å². The van der Waals surface area contributed by atoms with E-state index in [2.05, 4.69) is 25.0 Å². The fraction of sp³-hybridized carbons (Fsp3) is 0.442. The molecule has 17 nitrogen and oxygen atoms in total. The van der Waals surface area contributed by atoms with E-state index < -0.39 is 33.4 Å². The van der Waals surface area contributed by atoms with Gasteiger partial charge in [-0.2, -0.15) is 23.1 Å². The van der Waals surface area contributed by atoms with E-state index in [9.17, 15) is 28.1 Å². The number of benzene rings is 3. The van der Waals surface area contributed by atoms with Crippen LogP contribution in [-0.4, -0.2) is 100 Å². The van der Waals surface area contributed by atoms with Crippen LogP contribution in [0.4, 0.5) is 25.1 Å². The van der Waals surface area contributed by atoms with Gasteiger partial charge in [0.25, 0.3) is 5.56 Å². The molecule has 2 aromatic heterocycles. The largest absolute Gasteiger partial charge is 0.453 e. The molecule has 3 amide bonds. The predicted octanol–water partition coefficient (Wildman–Crippen LogP) is 5.41. The lowest BCUT2D eigenvalue weighted by Crippen LogP contribution is -2.49. The van der Waals surface area contributed by atoms with Crippen LogP contribution in [0, 0.1) is 23.0 Å². The summed E-state index contributed by atoms with van der Waals surface area (Å²) in [6, 6.07) is 11.2. The van der Waals surface area contributed by atoms with E-state index in [1.165, 1.54) is 36.5 Å². The zero-order chi connectivity index (χ0) is 44.4. The third-order valence-corrected chi connectivity index (χ3v) is 14.7. The number of rotatable bonds is 10. The maximum Gasteiger partial charge on any atom is 0.329 e. The summed E-state index contributed by atoms with van der Waals surface area (Å²) in [7, 11) is -0.904. The van der Waals surface area contributed by atoms with Crippen molar-refractivity contribution in [1.29, 1.82) is 5.26 Å². The SMILES string of the molecule is CCN(C)S(=O)(=O)Nc1ccc(F)c(Oc2ccc3ncn([C@H]4CO[C@]5(CCN(C6CCC(c7cc8c(cc7F)c(N7CCC(=O)NC7=O)nn8C)CC6)C5)C4)c(=O)c3c2)c1C#N. The summed E-state index contributed by atoms with van der Waals surface area (Å²) in [5, 5.41) is 17.5. The quantitative estimate of drug-likeness (QED) is 0.182. The highest BCUT2D eigenvalue weighted by molar-refractivity contribution is 7.90. The van der Waals surface area contributed by atoms with Gasteiger partial charge < -0.3 is 9.47 Å². The second-order valence-corrected chi connectivity index (χ2v) is 18.6. The van der Waals surface area contributed by atoms with Crippen LogP contribution in [0.5, 0.6) is 11.5 Å². The number of fused-ring (bicyclic) bond motifs is 2. The lowest BCUT2D eigenvalue weighted by atomic mass is 9.80. The van der Waals surface area contributed by atoms with Crippen molar-refractivity contribution in [2.24, 2.45) is 7.05 Å². The summed E-state index contributed by atoms with van der Waals surface area (Å²) in [6.07, 6.45) is 6.42. The molecule has 330 valence electrons. The first kappa shape index (κ1) is 42.3. The molecule has 4 fully saturated rings. The Balaban J connectivity index is 0.858. The Labute approximate surface area is 361 Å². The molecule has 3 aromatic carbocycles. The van der Waals surface area contributed by atoms with Gasteiger partial charge in [-0.25, -0.2) is 18.6 Å². The number of amides is 3. The normalized spacial score (nSPS) is 23.3. The number of carbonyl (C=O) groups excluding carboxylic acids is 2. The van der Waals surface area contributed by atoms with Gasteiger partial charge in [0.2, 0.25) is 5.91 Å². The van der Waals surface area contributed by atoms with Crippen molar-refractivity contribution < 1.29 is 36.3 Å². The van der Waals surface area contributed by atoms with E-state index in [4.69, 9.17) is 9.47 Å². The molecule has 5 heterocycles. The number of anilines is 2. The second kappa shape index (κ2) is 16.3. The van der Waals surface area contributed by atoms with Gasteiger partial charge in [-0.3, -0.25) is 38.7 Å². The third kappa shape index (κ3) is 7.76. The standard InChI is InChI=1S/C43H46F2N10O7S/c1-4-51(2)63(59,60)50-36-12-10-33(44)39(32(36)21-46)62-28-9-11-35-30(17-28)41(57)55(24-47-35)27-20-43(61-22-27)14-16-53(23-43)26-7-5-25(6-8-26)29-19-37-31(18-34(29)45)40(49-52(37)3)54-15-13-38(56)48-42(54)58/h9-12,17-19,24-27,50H,4-8,13-16,20,22-23H2,1-3H3,(H,48,56,58)/t25?,26?,27-,43-/m1/s1. The molecule has 9 rings (SSSR count). The van der Waals surface area contributed by atoms with Crippen molar-refractivity contribution in [1.82, 2.24) is 33.9 Å². The molecule has 1 aliphatic carbocycles. The van der Waals surface area contributed by atoms with Crippen molar-refractivity contribution in [3.05, 3.63) is 81.9 Å². The van der Waals surface area contributed by atoms with Crippen molar-refractivity contribution in [2.45, 2.75) is 75.5 Å². The molecule has 20 heteroatoms. The maximum absolute atomic E-state index is 15.8. The van der Waals surface area contributed by atoms with E-state index in [1.807, 2.05) is 12.1 Å². The average Bonchev–Trinajstić information content (AvgIpc) is 3.98. The molecule has 63 heavy (non-hydrogen) atoms. The molecule has 2 atom stereocenters. The first-order valence-corrected chi connectivity index (χ1v) is 22.4. The number of hydrogen-bond acceptors (Lipinski definition) is 11. The van der Waals surface area contributed by atoms with Gasteiger partial charge in [0.15, 0.2) is 17.4 Å². The fourth-order valence-electron chi connectivity index (χ4n) is 9.57. The Morgan fingerprint density at radius 1 is 1.05 bits per heavy atom. The number of carbonyl (C=O) groups is 2. The molecule has 1 spiro atoms. The number of nitriles is 1. The van der Waals surface area contributed by atoms with Crippen LogP contribution in [0.3, 0.4) is 0 Å². The fourth-order valence-corrected chi connectivity index (χ4v) is 10.5. The first-order chi connectivity index (χ1) is 30.2. The molecule has 4 aliphatic rings. The summed E-state index contributed by atoms with van der Waals surface area (Å²) >= 11 is 0. The Morgan fingerprint density at radius 3 is 2.59 bits per heavy atom. The molecular formula is C43H46F2N10O7S. The molecule has 3 aliphatic heterocycles. The van der Waals surface area contributed by atoms with Crippen LogP contribution < -0.4 is 25.2 Å². The Morgan fingerprint density at radius 2 is 1.84 bits per heavy atom. The highest BCUT2D eigenvalue weighted by Gasteiger charge is 2.48. The number of imide groups is 1. The van der Waals surface area contributed by atoms with E-state index >= 15 is 8.78 Å². The third-order valence-electron chi connectivity index (χ3n) is 13.1. The molecule has 1 saturated carbocycles. The number of nitrogens with zero attached hydrogens (tertiary/aromatic N) is 8. The molecule has 0 unspecified atom stereocenters. The van der Waals surface area contributed by atoms with Crippen molar-refractivity contribution >= 4 is 55.5 Å². The highest BCUT2D eigenvalue weighted by Crippen LogP contribution is 2.44. The van der Waals surface area contributed by atoms with E-state index in [1.54, 1.807) is 29.3 Å². The van der Waals surface area contributed by atoms with Crippen LogP contribution in [0.25, 0.3) is 21.8 Å². The van der Waals surface area contributed by atoms with Gasteiger partial charge in [-0.1, -0.05) is 6.92 Å². The smallest absolute Gasteiger partial charge is 0.329 e. The minimum atomic E-state index is -4.03. The minimum Gasteiger partial charge on any atom is -0.453 e. The van der Waals surface area contributed by atoms with Crippen LogP contribution >= 0.6 is 0 Å². The van der Waals surface area contributed by atoms with E-state index in [0.29, 0.717) is 53.4 Å². The van der Waals surface area contributed by atoms with Gasteiger partial charge in [0, 0.05) is 64.5 Å². The van der Waals surface area contributed by atoms with Crippen LogP contribution in [0.1, 0.15) is 75.0 Å². The van der Waals surface area contributed by atoms with Gasteiger partial charge in [-0.15, -0.1) is 0 Å². The van der Waals surface area contributed by atoms with Crippen LogP contribution in [0.15, 0.2) is 53.6 Å². The average molecular weight is 885 g/mol. The van der Waals surface area contributed by atoms with Gasteiger partial charge in [0.05, 0.1) is 46.7 Å². The van der Waals surface area contributed by atoms with Crippen LogP contribution in [-0.2, 0) is 26.8 Å².